The molecule has 1 fully saturated rings. The Balaban J connectivity index is 2.36. The van der Waals surface area contributed by atoms with Crippen molar-refractivity contribution >= 4 is 21.8 Å². The first kappa shape index (κ1) is 16.8. The van der Waals surface area contributed by atoms with Crippen molar-refractivity contribution in [1.29, 1.82) is 0 Å². The van der Waals surface area contributed by atoms with Gasteiger partial charge in [-0.15, -0.1) is 0 Å². The van der Waals surface area contributed by atoms with Gasteiger partial charge >= 0.3 is 6.18 Å². The van der Waals surface area contributed by atoms with E-state index in [-0.39, 0.29) is 18.7 Å². The van der Waals surface area contributed by atoms with Gasteiger partial charge in [-0.05, 0) is 32.1 Å². The molecule has 0 radical (unpaired) electrons. The molecule has 6 heteroatoms. The van der Waals surface area contributed by atoms with Crippen LogP contribution in [0, 0.1) is 11.8 Å². The zero-order valence-electron chi connectivity index (χ0n) is 11.1. The maximum Gasteiger partial charge on any atom is 0.391 e. The van der Waals surface area contributed by atoms with E-state index in [1.165, 1.54) is 0 Å². The summed E-state index contributed by atoms with van der Waals surface area (Å²) < 4.78 is 37.9. The van der Waals surface area contributed by atoms with Gasteiger partial charge in [0.1, 0.15) is 0 Å². The molecule has 0 heterocycles. The van der Waals surface area contributed by atoms with Crippen LogP contribution in [0.1, 0.15) is 45.4 Å². The third-order valence-corrected chi connectivity index (χ3v) is 4.81. The molecular weight excluding hydrogens is 323 g/mol. The smallest absolute Gasteiger partial charge is 0.356 e. The number of alkyl halides is 4. The molecule has 0 bridgehead atoms. The van der Waals surface area contributed by atoms with Crippen LogP contribution in [0.15, 0.2) is 0 Å². The summed E-state index contributed by atoms with van der Waals surface area (Å²) in [5, 5.41) is 2.75. The number of amides is 1. The first-order valence-electron chi connectivity index (χ1n) is 6.83. The lowest BCUT2D eigenvalue weighted by Crippen LogP contribution is -2.38. The number of carbonyl (C=O) groups excluding carboxylic acids is 1. The van der Waals surface area contributed by atoms with Crippen molar-refractivity contribution in [3.8, 4) is 0 Å². The summed E-state index contributed by atoms with van der Waals surface area (Å²) in [6, 6.07) is 0. The Morgan fingerprint density at radius 2 is 2.11 bits per heavy atom. The minimum atomic E-state index is -4.16. The quantitative estimate of drug-likeness (QED) is 0.750. The van der Waals surface area contributed by atoms with E-state index in [4.69, 9.17) is 0 Å². The fourth-order valence-corrected chi connectivity index (χ4v) is 2.65. The van der Waals surface area contributed by atoms with Gasteiger partial charge in [0, 0.05) is 17.3 Å². The van der Waals surface area contributed by atoms with E-state index in [2.05, 4.69) is 21.2 Å². The maximum atomic E-state index is 12.6. The lowest BCUT2D eigenvalue weighted by atomic mass is 9.80. The average Bonchev–Trinajstić information content (AvgIpc) is 2.37. The number of hydrogen-bond donors (Lipinski definition) is 1. The van der Waals surface area contributed by atoms with E-state index in [1.807, 2.05) is 6.92 Å². The van der Waals surface area contributed by atoms with Crippen molar-refractivity contribution in [3.63, 3.8) is 0 Å². The molecule has 0 spiro atoms. The Bertz CT molecular complexity index is 296. The highest BCUT2D eigenvalue weighted by molar-refractivity contribution is 9.09. The van der Waals surface area contributed by atoms with Gasteiger partial charge in [0.2, 0.25) is 5.91 Å². The SMILES string of the molecule is CCC(Br)CCNC(=O)C1CCCC(C(F)(F)F)C1. The topological polar surface area (TPSA) is 29.1 Å². The van der Waals surface area contributed by atoms with E-state index in [0.717, 1.165) is 12.8 Å². The molecule has 0 saturated heterocycles. The van der Waals surface area contributed by atoms with Crippen LogP contribution in [0.3, 0.4) is 0 Å². The van der Waals surface area contributed by atoms with Crippen LogP contribution >= 0.6 is 15.9 Å². The standard InChI is InChI=1S/C13H21BrF3NO/c1-2-11(14)6-7-18-12(19)9-4-3-5-10(8-9)13(15,16)17/h9-11H,2-8H2,1H3,(H,18,19). The Labute approximate surface area is 120 Å². The predicted octanol–water partition coefficient (Wildman–Crippen LogP) is 4.03. The fourth-order valence-electron chi connectivity index (χ4n) is 2.43. The van der Waals surface area contributed by atoms with Gasteiger partial charge in [-0.1, -0.05) is 29.3 Å². The highest BCUT2D eigenvalue weighted by Crippen LogP contribution is 2.39. The van der Waals surface area contributed by atoms with Crippen molar-refractivity contribution in [2.24, 2.45) is 11.8 Å². The van der Waals surface area contributed by atoms with Crippen LogP contribution < -0.4 is 5.32 Å². The monoisotopic (exact) mass is 343 g/mol. The zero-order chi connectivity index (χ0) is 14.5. The molecule has 19 heavy (non-hydrogen) atoms. The minimum Gasteiger partial charge on any atom is -0.356 e. The molecular formula is C13H21BrF3NO. The number of hydrogen-bond acceptors (Lipinski definition) is 1. The van der Waals surface area contributed by atoms with Gasteiger partial charge in [0.05, 0.1) is 5.92 Å². The number of rotatable bonds is 5. The van der Waals surface area contributed by atoms with Crippen LogP contribution in [0.4, 0.5) is 13.2 Å². The molecule has 1 aliphatic rings. The summed E-state index contributed by atoms with van der Waals surface area (Å²) in [6.45, 7) is 2.56. The Morgan fingerprint density at radius 1 is 1.42 bits per heavy atom. The van der Waals surface area contributed by atoms with Crippen LogP contribution in [-0.2, 0) is 4.79 Å². The van der Waals surface area contributed by atoms with Crippen LogP contribution in [0.5, 0.6) is 0 Å². The summed E-state index contributed by atoms with van der Waals surface area (Å²) in [4.78, 5) is 12.2. The Hall–Kier alpha value is -0.260. The molecule has 1 amide bonds. The van der Waals surface area contributed by atoms with Crippen LogP contribution in [0.2, 0.25) is 0 Å². The molecule has 0 aromatic rings. The second-order valence-corrected chi connectivity index (χ2v) is 6.48. The molecule has 1 rings (SSSR count). The third kappa shape index (κ3) is 5.71. The molecule has 1 saturated carbocycles. The summed E-state index contributed by atoms with van der Waals surface area (Å²) >= 11 is 3.46. The van der Waals surface area contributed by atoms with E-state index in [9.17, 15) is 18.0 Å². The summed E-state index contributed by atoms with van der Waals surface area (Å²) in [7, 11) is 0. The maximum absolute atomic E-state index is 12.6. The van der Waals surface area contributed by atoms with Gasteiger partial charge in [-0.2, -0.15) is 13.2 Å². The van der Waals surface area contributed by atoms with Gasteiger partial charge in [0.15, 0.2) is 0 Å². The van der Waals surface area contributed by atoms with Crippen LogP contribution in [-0.4, -0.2) is 23.5 Å². The van der Waals surface area contributed by atoms with E-state index in [0.29, 0.717) is 24.2 Å². The molecule has 0 aliphatic heterocycles. The highest BCUT2D eigenvalue weighted by atomic mass is 79.9. The van der Waals surface area contributed by atoms with E-state index < -0.39 is 18.0 Å². The lowest BCUT2D eigenvalue weighted by Gasteiger charge is -2.29. The molecule has 112 valence electrons. The Morgan fingerprint density at radius 3 is 2.68 bits per heavy atom. The van der Waals surface area contributed by atoms with Gasteiger partial charge in [-0.3, -0.25) is 4.79 Å². The minimum absolute atomic E-state index is 0.0547. The van der Waals surface area contributed by atoms with Crippen molar-refractivity contribution in [2.45, 2.75) is 56.5 Å². The van der Waals surface area contributed by atoms with Crippen molar-refractivity contribution < 1.29 is 18.0 Å². The van der Waals surface area contributed by atoms with Crippen molar-refractivity contribution in [1.82, 2.24) is 5.32 Å². The van der Waals surface area contributed by atoms with Gasteiger partial charge < -0.3 is 5.32 Å². The third-order valence-electron chi connectivity index (χ3n) is 3.71. The summed E-state index contributed by atoms with van der Waals surface area (Å²) in [6.07, 6.45) is -1.23. The lowest BCUT2D eigenvalue weighted by molar-refractivity contribution is -0.186. The second-order valence-electron chi connectivity index (χ2n) is 5.19. The molecule has 1 N–H and O–H groups in total. The average molecular weight is 344 g/mol. The molecule has 1 aliphatic carbocycles. The van der Waals surface area contributed by atoms with Crippen molar-refractivity contribution in [2.75, 3.05) is 6.54 Å². The zero-order valence-corrected chi connectivity index (χ0v) is 12.7. The number of carbonyl (C=O) groups is 1. The summed E-state index contributed by atoms with van der Waals surface area (Å²) in [5.74, 6) is -2.00. The summed E-state index contributed by atoms with van der Waals surface area (Å²) in [5.41, 5.74) is 0. The van der Waals surface area contributed by atoms with Crippen molar-refractivity contribution in [3.05, 3.63) is 0 Å². The first-order valence-corrected chi connectivity index (χ1v) is 7.74. The highest BCUT2D eigenvalue weighted by Gasteiger charge is 2.43. The predicted molar refractivity (Wildman–Crippen MR) is 72.1 cm³/mol. The largest absolute Gasteiger partial charge is 0.391 e. The van der Waals surface area contributed by atoms with E-state index >= 15 is 0 Å². The van der Waals surface area contributed by atoms with Crippen LogP contribution in [0.25, 0.3) is 0 Å². The molecule has 3 atom stereocenters. The molecule has 0 aromatic carbocycles. The Kier molecular flexibility index (Phi) is 6.63. The second kappa shape index (κ2) is 7.50. The molecule has 0 aromatic heterocycles. The normalized spacial score (nSPS) is 25.9. The van der Waals surface area contributed by atoms with E-state index in [1.54, 1.807) is 0 Å². The number of halogens is 4. The number of nitrogens with one attached hydrogen (secondary N) is 1. The van der Waals surface area contributed by atoms with Gasteiger partial charge in [-0.25, -0.2) is 0 Å². The first-order chi connectivity index (χ1) is 8.84. The molecule has 2 nitrogen and oxygen atoms in total. The fraction of sp³-hybridized carbons (Fsp3) is 0.923. The van der Waals surface area contributed by atoms with Gasteiger partial charge in [0.25, 0.3) is 0 Å². The molecule has 3 unspecified atom stereocenters.